The van der Waals surface area contributed by atoms with E-state index in [0.29, 0.717) is 29.6 Å². The van der Waals surface area contributed by atoms with E-state index in [0.717, 1.165) is 63.2 Å². The molecule has 1 N–H and O–H groups in total. The Morgan fingerprint density at radius 3 is 2.00 bits per heavy atom. The Balaban J connectivity index is 1.09. The molecule has 5 nitrogen and oxygen atoms in total. The van der Waals surface area contributed by atoms with Crippen LogP contribution in [0.25, 0.3) is 0 Å². The maximum Gasteiger partial charge on any atom is 0.238 e. The first-order chi connectivity index (χ1) is 14.5. The molecular formula is C24H32ClN3O2. The molecule has 162 valence electrons. The summed E-state index contributed by atoms with van der Waals surface area (Å²) >= 11 is 6.12. The molecule has 1 aliphatic heterocycles. The fourth-order valence-corrected chi connectivity index (χ4v) is 7.07. The number of ketones is 1. The van der Waals surface area contributed by atoms with Crippen molar-refractivity contribution in [3.63, 3.8) is 0 Å². The van der Waals surface area contributed by atoms with Gasteiger partial charge in [-0.3, -0.25) is 19.4 Å². The minimum absolute atomic E-state index is 0.000716. The number of hydrogen-bond donors (Lipinski definition) is 1. The lowest BCUT2D eigenvalue weighted by Gasteiger charge is -2.56. The molecule has 4 saturated carbocycles. The van der Waals surface area contributed by atoms with Crippen LogP contribution in [0, 0.1) is 23.2 Å². The minimum Gasteiger partial charge on any atom is -0.324 e. The van der Waals surface area contributed by atoms with Crippen molar-refractivity contribution in [1.29, 1.82) is 0 Å². The molecular weight excluding hydrogens is 398 g/mol. The number of carbonyl (C=O) groups is 2. The van der Waals surface area contributed by atoms with Crippen LogP contribution < -0.4 is 5.32 Å². The van der Waals surface area contributed by atoms with Crippen LogP contribution >= 0.6 is 11.6 Å². The number of piperazine rings is 1. The second-order valence-electron chi connectivity index (χ2n) is 10.2. The summed E-state index contributed by atoms with van der Waals surface area (Å²) in [5, 5.41) is 3.45. The summed E-state index contributed by atoms with van der Waals surface area (Å²) in [6.45, 7) is 4.33. The van der Waals surface area contributed by atoms with Crippen molar-refractivity contribution in [2.75, 3.05) is 44.6 Å². The average Bonchev–Trinajstić information content (AvgIpc) is 2.70. The first-order valence-corrected chi connectivity index (χ1v) is 11.9. The Kier molecular flexibility index (Phi) is 5.63. The standard InChI is InChI=1S/C24H32ClN3O2/c25-20-3-1-2-4-21(20)26-23(30)16-28-7-5-27(6-8-28)15-22(29)24-12-17-9-18(13-24)11-19(10-17)14-24/h1-4,17-19H,5-16H2,(H,26,30). The molecule has 0 spiro atoms. The lowest BCUT2D eigenvalue weighted by molar-refractivity contribution is -0.145. The molecule has 0 aromatic heterocycles. The number of benzene rings is 1. The summed E-state index contributed by atoms with van der Waals surface area (Å²) in [5.41, 5.74) is 0.657. The maximum atomic E-state index is 13.3. The zero-order chi connectivity index (χ0) is 20.7. The molecule has 1 saturated heterocycles. The highest BCUT2D eigenvalue weighted by Gasteiger charge is 2.54. The Morgan fingerprint density at radius 2 is 1.43 bits per heavy atom. The molecule has 0 unspecified atom stereocenters. The number of rotatable bonds is 6. The van der Waals surface area contributed by atoms with Crippen LogP contribution in [0.4, 0.5) is 5.69 Å². The van der Waals surface area contributed by atoms with Gasteiger partial charge in [-0.05, 0) is 68.4 Å². The van der Waals surface area contributed by atoms with Gasteiger partial charge in [-0.15, -0.1) is 0 Å². The highest BCUT2D eigenvalue weighted by molar-refractivity contribution is 6.33. The summed E-state index contributed by atoms with van der Waals surface area (Å²) in [6.07, 6.45) is 7.59. The van der Waals surface area contributed by atoms with Crippen LogP contribution in [0.5, 0.6) is 0 Å². The van der Waals surface area contributed by atoms with Crippen LogP contribution in [-0.2, 0) is 9.59 Å². The molecule has 6 rings (SSSR count). The van der Waals surface area contributed by atoms with Crippen LogP contribution in [0.15, 0.2) is 24.3 Å². The predicted molar refractivity (Wildman–Crippen MR) is 119 cm³/mol. The van der Waals surface area contributed by atoms with E-state index in [9.17, 15) is 9.59 Å². The second kappa shape index (κ2) is 8.25. The molecule has 0 radical (unpaired) electrons. The number of Topliss-reactive ketones (excluding diaryl/α,β-unsaturated/α-hetero) is 1. The van der Waals surface area contributed by atoms with E-state index in [1.54, 1.807) is 6.07 Å². The third-order valence-corrected chi connectivity index (χ3v) is 8.31. The van der Waals surface area contributed by atoms with Gasteiger partial charge in [0.1, 0.15) is 0 Å². The van der Waals surface area contributed by atoms with E-state index in [-0.39, 0.29) is 11.3 Å². The molecule has 5 fully saturated rings. The first-order valence-electron chi connectivity index (χ1n) is 11.5. The number of anilines is 1. The number of hydrogen-bond acceptors (Lipinski definition) is 4. The number of nitrogens with zero attached hydrogens (tertiary/aromatic N) is 2. The summed E-state index contributed by atoms with van der Waals surface area (Å²) in [6, 6.07) is 7.30. The van der Waals surface area contributed by atoms with Crippen molar-refractivity contribution in [3.05, 3.63) is 29.3 Å². The minimum atomic E-state index is -0.0406. The molecule has 1 heterocycles. The topological polar surface area (TPSA) is 52.7 Å². The summed E-state index contributed by atoms with van der Waals surface area (Å²) in [4.78, 5) is 30.2. The largest absolute Gasteiger partial charge is 0.324 e. The van der Waals surface area contributed by atoms with E-state index in [1.165, 1.54) is 19.3 Å². The first kappa shape index (κ1) is 20.5. The Morgan fingerprint density at radius 1 is 0.900 bits per heavy atom. The maximum absolute atomic E-state index is 13.3. The van der Waals surface area contributed by atoms with Gasteiger partial charge in [-0.25, -0.2) is 0 Å². The van der Waals surface area contributed by atoms with Crippen molar-refractivity contribution >= 4 is 29.0 Å². The Bertz CT molecular complexity index is 783. The van der Waals surface area contributed by atoms with Crippen LogP contribution in [0.2, 0.25) is 5.02 Å². The molecule has 6 heteroatoms. The third-order valence-electron chi connectivity index (χ3n) is 7.98. The van der Waals surface area contributed by atoms with Gasteiger partial charge in [0.05, 0.1) is 23.8 Å². The number of amides is 1. The fraction of sp³-hybridized carbons (Fsp3) is 0.667. The predicted octanol–water partition coefficient (Wildman–Crippen LogP) is 3.68. The van der Waals surface area contributed by atoms with Crippen LogP contribution in [0.3, 0.4) is 0 Å². The smallest absolute Gasteiger partial charge is 0.238 e. The highest BCUT2D eigenvalue weighted by Crippen LogP contribution is 2.60. The van der Waals surface area contributed by atoms with E-state index in [1.807, 2.05) is 18.2 Å². The van der Waals surface area contributed by atoms with Gasteiger partial charge in [-0.1, -0.05) is 23.7 Å². The van der Waals surface area contributed by atoms with Gasteiger partial charge in [0.15, 0.2) is 5.78 Å². The Hall–Kier alpha value is -1.43. The van der Waals surface area contributed by atoms with Gasteiger partial charge >= 0.3 is 0 Å². The molecule has 1 aromatic rings. The van der Waals surface area contributed by atoms with Crippen LogP contribution in [0.1, 0.15) is 38.5 Å². The molecule has 4 bridgehead atoms. The quantitative estimate of drug-likeness (QED) is 0.749. The molecule has 1 amide bonds. The summed E-state index contributed by atoms with van der Waals surface area (Å²) in [7, 11) is 0. The zero-order valence-electron chi connectivity index (χ0n) is 17.6. The van der Waals surface area contributed by atoms with E-state index in [2.05, 4.69) is 15.1 Å². The second-order valence-corrected chi connectivity index (χ2v) is 10.6. The summed E-state index contributed by atoms with van der Waals surface area (Å²) in [5.74, 6) is 2.91. The monoisotopic (exact) mass is 429 g/mol. The van der Waals surface area contributed by atoms with Crippen molar-refractivity contribution < 1.29 is 9.59 Å². The number of nitrogens with one attached hydrogen (secondary N) is 1. The average molecular weight is 430 g/mol. The number of carbonyl (C=O) groups excluding carboxylic acids is 2. The SMILES string of the molecule is O=C(CN1CCN(CC(=O)C23CC4CC(CC(C4)C2)C3)CC1)Nc1ccccc1Cl. The number of halogens is 1. The highest BCUT2D eigenvalue weighted by atomic mass is 35.5. The van der Waals surface area contributed by atoms with Crippen molar-refractivity contribution in [3.8, 4) is 0 Å². The van der Waals surface area contributed by atoms with E-state index in [4.69, 9.17) is 11.6 Å². The van der Waals surface area contributed by atoms with Crippen molar-refractivity contribution in [2.24, 2.45) is 23.2 Å². The van der Waals surface area contributed by atoms with Gasteiger partial charge in [0, 0.05) is 31.6 Å². The normalized spacial score (nSPS) is 33.6. The number of para-hydroxylation sites is 1. The lowest BCUT2D eigenvalue weighted by Crippen LogP contribution is -2.55. The van der Waals surface area contributed by atoms with Crippen molar-refractivity contribution in [1.82, 2.24) is 9.80 Å². The van der Waals surface area contributed by atoms with Gasteiger partial charge in [-0.2, -0.15) is 0 Å². The van der Waals surface area contributed by atoms with Gasteiger partial charge in [0.25, 0.3) is 0 Å². The van der Waals surface area contributed by atoms with Gasteiger partial charge < -0.3 is 5.32 Å². The summed E-state index contributed by atoms with van der Waals surface area (Å²) < 4.78 is 0. The Labute approximate surface area is 184 Å². The lowest BCUT2D eigenvalue weighted by atomic mass is 9.48. The zero-order valence-corrected chi connectivity index (χ0v) is 18.4. The van der Waals surface area contributed by atoms with Crippen LogP contribution in [-0.4, -0.2) is 60.8 Å². The van der Waals surface area contributed by atoms with E-state index < -0.39 is 0 Å². The fourth-order valence-electron chi connectivity index (χ4n) is 6.88. The van der Waals surface area contributed by atoms with E-state index >= 15 is 0 Å². The van der Waals surface area contributed by atoms with Gasteiger partial charge in [0.2, 0.25) is 5.91 Å². The molecule has 1 aromatic carbocycles. The van der Waals surface area contributed by atoms with Crippen molar-refractivity contribution in [2.45, 2.75) is 38.5 Å². The molecule has 4 aliphatic carbocycles. The molecule has 0 atom stereocenters. The molecule has 30 heavy (non-hydrogen) atoms. The molecule has 5 aliphatic rings. The third kappa shape index (κ3) is 4.17.